The molecule has 1 aliphatic heterocycles. The number of amides is 2. The maximum atomic E-state index is 14.6. The van der Waals surface area contributed by atoms with E-state index < -0.39 is 46.7 Å². The van der Waals surface area contributed by atoms with E-state index in [-0.39, 0.29) is 34.6 Å². The molecule has 1 saturated heterocycles. The number of alkyl halides is 3. The van der Waals surface area contributed by atoms with Gasteiger partial charge in [-0.25, -0.2) is 14.4 Å². The van der Waals surface area contributed by atoms with Crippen LogP contribution < -0.4 is 15.6 Å². The van der Waals surface area contributed by atoms with Crippen LogP contribution in [-0.2, 0) is 29.5 Å². The number of aryl methyl sites for hydroxylation is 1. The van der Waals surface area contributed by atoms with Gasteiger partial charge in [0, 0.05) is 29.8 Å². The third-order valence-corrected chi connectivity index (χ3v) is 10.1. The van der Waals surface area contributed by atoms with Gasteiger partial charge in [0.15, 0.2) is 11.4 Å². The predicted molar refractivity (Wildman–Crippen MR) is 182 cm³/mol. The van der Waals surface area contributed by atoms with Crippen LogP contribution in [0.15, 0.2) is 64.4 Å². The van der Waals surface area contributed by atoms with Crippen molar-refractivity contribution in [2.45, 2.75) is 63.8 Å². The minimum atomic E-state index is -4.75. The van der Waals surface area contributed by atoms with Crippen LogP contribution >= 0.6 is 15.9 Å². The predicted octanol–water partition coefficient (Wildman–Crippen LogP) is 5.81. The first-order chi connectivity index (χ1) is 24.8. The summed E-state index contributed by atoms with van der Waals surface area (Å²) in [6.45, 7) is 4.08. The van der Waals surface area contributed by atoms with E-state index in [0.29, 0.717) is 67.2 Å². The standard InChI is InChI=1S/C35H31BrF4N8O4/c1-19-15-34(10-12-46(13-11-34)31(51)27-29(20(2)41-18-42-27)52-17-21-6-4-3-5-7-21)26-28(19)47(33-44-32(36)45-48(33)30(26)50)16-25(49)43-24-9-8-22(14-23(24)37)35(38,39)40/h3-9,14,18-19H,10-13,15-17H2,1-2H3,(H,43,49). The van der Waals surface area contributed by atoms with E-state index in [9.17, 15) is 31.9 Å². The zero-order chi connectivity index (χ0) is 36.9. The second-order valence-corrected chi connectivity index (χ2v) is 13.8. The molecule has 52 heavy (non-hydrogen) atoms. The van der Waals surface area contributed by atoms with Gasteiger partial charge in [-0.05, 0) is 71.8 Å². The summed E-state index contributed by atoms with van der Waals surface area (Å²) in [5.74, 6) is -2.18. The zero-order valence-corrected chi connectivity index (χ0v) is 29.5. The van der Waals surface area contributed by atoms with Crippen LogP contribution in [0.2, 0.25) is 0 Å². The normalized spacial score (nSPS) is 16.7. The van der Waals surface area contributed by atoms with E-state index in [1.54, 1.807) is 16.4 Å². The summed E-state index contributed by atoms with van der Waals surface area (Å²) >= 11 is 3.22. The Balaban J connectivity index is 1.15. The van der Waals surface area contributed by atoms with Crippen LogP contribution in [0.3, 0.4) is 0 Å². The van der Waals surface area contributed by atoms with Crippen molar-refractivity contribution in [1.82, 2.24) is 34.0 Å². The molecule has 3 aromatic heterocycles. The van der Waals surface area contributed by atoms with Gasteiger partial charge in [0.25, 0.3) is 11.5 Å². The molecular weight excluding hydrogens is 752 g/mol. The van der Waals surface area contributed by atoms with Gasteiger partial charge in [-0.1, -0.05) is 37.3 Å². The fraction of sp³-hybridized carbons (Fsp3) is 0.343. The van der Waals surface area contributed by atoms with Gasteiger partial charge >= 0.3 is 6.18 Å². The van der Waals surface area contributed by atoms with Crippen molar-refractivity contribution >= 4 is 39.2 Å². The monoisotopic (exact) mass is 782 g/mol. The number of ether oxygens (including phenoxy) is 1. The Morgan fingerprint density at radius 1 is 1.10 bits per heavy atom. The molecular formula is C35H31BrF4N8O4. The number of carbonyl (C=O) groups is 2. The van der Waals surface area contributed by atoms with Gasteiger partial charge in [-0.15, -0.1) is 5.10 Å². The van der Waals surface area contributed by atoms with Crippen molar-refractivity contribution in [3.8, 4) is 5.75 Å². The molecule has 4 heterocycles. The van der Waals surface area contributed by atoms with Crippen LogP contribution in [0.25, 0.3) is 5.78 Å². The number of hydrogen-bond donors (Lipinski definition) is 1. The maximum Gasteiger partial charge on any atom is 0.416 e. The Morgan fingerprint density at radius 2 is 1.83 bits per heavy atom. The average molecular weight is 784 g/mol. The average Bonchev–Trinajstić information content (AvgIpc) is 3.64. The summed E-state index contributed by atoms with van der Waals surface area (Å²) in [6.07, 6.45) is -2.03. The molecule has 2 amide bonds. The number of halogens is 5. The number of benzene rings is 2. The molecule has 2 aliphatic rings. The molecule has 1 spiro atoms. The van der Waals surface area contributed by atoms with Crippen molar-refractivity contribution in [2.24, 2.45) is 0 Å². The first-order valence-electron chi connectivity index (χ1n) is 16.4. The number of piperidine rings is 1. The molecule has 270 valence electrons. The van der Waals surface area contributed by atoms with Gasteiger partial charge < -0.3 is 19.5 Å². The van der Waals surface area contributed by atoms with Crippen molar-refractivity contribution < 1.29 is 31.9 Å². The molecule has 2 aromatic carbocycles. The lowest BCUT2D eigenvalue weighted by molar-refractivity contribution is -0.137. The number of anilines is 1. The molecule has 0 bridgehead atoms. The van der Waals surface area contributed by atoms with Crippen LogP contribution in [0.1, 0.15) is 70.7 Å². The summed E-state index contributed by atoms with van der Waals surface area (Å²) < 4.78 is 62.6. The Kier molecular flexibility index (Phi) is 9.09. The van der Waals surface area contributed by atoms with Crippen molar-refractivity contribution in [3.63, 3.8) is 0 Å². The number of carbonyl (C=O) groups excluding carboxylic acids is 2. The van der Waals surface area contributed by atoms with Crippen LogP contribution in [0.4, 0.5) is 23.2 Å². The summed E-state index contributed by atoms with van der Waals surface area (Å²) in [5, 5.41) is 6.58. The fourth-order valence-corrected chi connectivity index (χ4v) is 7.70. The van der Waals surface area contributed by atoms with E-state index in [2.05, 4.69) is 41.3 Å². The quantitative estimate of drug-likeness (QED) is 0.205. The SMILES string of the molecule is Cc1ncnc(C(=O)N2CCC3(CC2)CC(C)c2c3c(=O)n3nc(Br)nc3n2CC(=O)Nc2ccc(C(F)(F)F)cc2F)c1OCc1ccccc1. The minimum absolute atomic E-state index is 0.0670. The number of likely N-dealkylation sites (tertiary alicyclic amines) is 1. The number of nitrogens with one attached hydrogen (secondary N) is 1. The first kappa shape index (κ1) is 35.2. The molecule has 0 saturated carbocycles. The van der Waals surface area contributed by atoms with Gasteiger partial charge in [0.05, 0.1) is 16.9 Å². The first-order valence-corrected chi connectivity index (χ1v) is 17.2. The summed E-state index contributed by atoms with van der Waals surface area (Å²) in [4.78, 5) is 55.9. The highest BCUT2D eigenvalue weighted by atomic mass is 79.9. The third-order valence-electron chi connectivity index (χ3n) is 9.74. The summed E-state index contributed by atoms with van der Waals surface area (Å²) in [5.41, 5.74) is -0.0841. The van der Waals surface area contributed by atoms with Gasteiger partial charge in [0.1, 0.15) is 25.3 Å². The van der Waals surface area contributed by atoms with Crippen molar-refractivity contribution in [2.75, 3.05) is 18.4 Å². The number of rotatable bonds is 7. The number of nitrogens with zero attached hydrogens (tertiary/aromatic N) is 7. The van der Waals surface area contributed by atoms with Crippen molar-refractivity contribution in [3.05, 3.63) is 110 Å². The van der Waals surface area contributed by atoms with Gasteiger partial charge in [-0.2, -0.15) is 22.7 Å². The lowest BCUT2D eigenvalue weighted by Gasteiger charge is -2.39. The molecule has 7 rings (SSSR count). The number of aromatic nitrogens is 6. The fourth-order valence-electron chi connectivity index (χ4n) is 7.38. The molecule has 1 N–H and O–H groups in total. The van der Waals surface area contributed by atoms with Crippen LogP contribution in [0, 0.1) is 12.7 Å². The highest BCUT2D eigenvalue weighted by Gasteiger charge is 2.49. The topological polar surface area (TPSA) is 137 Å². The second-order valence-electron chi connectivity index (χ2n) is 13.1. The smallest absolute Gasteiger partial charge is 0.416 e. The summed E-state index contributed by atoms with van der Waals surface area (Å²) in [7, 11) is 0. The van der Waals surface area contributed by atoms with E-state index >= 15 is 0 Å². The Hall–Kier alpha value is -5.19. The zero-order valence-electron chi connectivity index (χ0n) is 27.9. The van der Waals surface area contributed by atoms with E-state index in [1.165, 1.54) is 6.33 Å². The molecule has 5 aromatic rings. The number of fused-ring (bicyclic) bond motifs is 3. The maximum absolute atomic E-state index is 14.6. The Bertz CT molecular complexity index is 2270. The van der Waals surface area contributed by atoms with E-state index in [1.807, 2.05) is 37.3 Å². The second kappa shape index (κ2) is 13.4. The van der Waals surface area contributed by atoms with Gasteiger partial charge in [0.2, 0.25) is 16.4 Å². The van der Waals surface area contributed by atoms with Crippen LogP contribution in [0.5, 0.6) is 5.75 Å². The van der Waals surface area contributed by atoms with E-state index in [4.69, 9.17) is 4.74 Å². The summed E-state index contributed by atoms with van der Waals surface area (Å²) in [6, 6.07) is 11.4. The van der Waals surface area contributed by atoms with Crippen molar-refractivity contribution in [1.29, 1.82) is 0 Å². The lowest BCUT2D eigenvalue weighted by Crippen LogP contribution is -2.47. The molecule has 1 atom stereocenters. The van der Waals surface area contributed by atoms with Gasteiger partial charge in [-0.3, -0.25) is 14.4 Å². The molecule has 1 unspecified atom stereocenters. The molecule has 17 heteroatoms. The largest absolute Gasteiger partial charge is 0.485 e. The Labute approximate surface area is 302 Å². The third kappa shape index (κ3) is 6.41. The minimum Gasteiger partial charge on any atom is -0.485 e. The lowest BCUT2D eigenvalue weighted by atomic mass is 9.73. The highest BCUT2D eigenvalue weighted by Crippen LogP contribution is 2.50. The molecule has 0 radical (unpaired) electrons. The van der Waals surface area contributed by atoms with E-state index in [0.717, 1.165) is 16.1 Å². The molecule has 1 aliphatic carbocycles. The highest BCUT2D eigenvalue weighted by molar-refractivity contribution is 9.10. The molecule has 12 nitrogen and oxygen atoms in total. The van der Waals surface area contributed by atoms with Crippen LogP contribution in [-0.4, -0.2) is 58.9 Å². The molecule has 1 fully saturated rings. The Morgan fingerprint density at radius 3 is 2.52 bits per heavy atom. The number of hydrogen-bond acceptors (Lipinski definition) is 8.